The van der Waals surface area contributed by atoms with Crippen LogP contribution in [0.4, 0.5) is 30.4 Å². The third-order valence-corrected chi connectivity index (χ3v) is 5.00. The number of esters is 1. The lowest BCUT2D eigenvalue weighted by molar-refractivity contribution is -0.137. The average Bonchev–Trinajstić information content (AvgIpc) is 3.21. The Morgan fingerprint density at radius 1 is 1.06 bits per heavy atom. The monoisotopic (exact) mass is 441 g/mol. The fraction of sp³-hybridized carbons (Fsp3) is 0.174. The van der Waals surface area contributed by atoms with Gasteiger partial charge in [-0.1, -0.05) is 24.3 Å². The Kier molecular flexibility index (Phi) is 5.81. The Balaban J connectivity index is 1.45. The van der Waals surface area contributed by atoms with Gasteiger partial charge in [0.1, 0.15) is 11.4 Å². The average molecular weight is 441 g/mol. The number of halogens is 3. The topological polar surface area (TPSA) is 71.5 Å². The van der Waals surface area contributed by atoms with Gasteiger partial charge in [-0.15, -0.1) is 0 Å². The predicted octanol–water partition coefficient (Wildman–Crippen LogP) is 4.59. The van der Waals surface area contributed by atoms with Crippen LogP contribution in [0.15, 0.2) is 66.9 Å². The van der Waals surface area contributed by atoms with Gasteiger partial charge >= 0.3 is 12.1 Å². The highest BCUT2D eigenvalue weighted by molar-refractivity contribution is 6.00. The quantitative estimate of drug-likeness (QED) is 0.587. The number of carbonyl (C=O) groups excluding carboxylic acids is 2. The number of hydrogen-bond acceptors (Lipinski definition) is 5. The van der Waals surface area contributed by atoms with Gasteiger partial charge in [0, 0.05) is 24.1 Å². The summed E-state index contributed by atoms with van der Waals surface area (Å²) in [5.41, 5.74) is 1.12. The largest absolute Gasteiger partial charge is 0.452 e. The Hall–Kier alpha value is -3.88. The minimum absolute atomic E-state index is 0.000432. The Morgan fingerprint density at radius 2 is 1.88 bits per heavy atom. The van der Waals surface area contributed by atoms with Crippen LogP contribution in [0.5, 0.6) is 0 Å². The van der Waals surface area contributed by atoms with Crippen molar-refractivity contribution < 1.29 is 27.5 Å². The summed E-state index contributed by atoms with van der Waals surface area (Å²) < 4.78 is 44.1. The molecule has 0 spiro atoms. The molecule has 1 aliphatic rings. The van der Waals surface area contributed by atoms with E-state index in [9.17, 15) is 22.8 Å². The first-order valence-electron chi connectivity index (χ1n) is 9.77. The van der Waals surface area contributed by atoms with Gasteiger partial charge in [-0.3, -0.25) is 4.79 Å². The maximum Gasteiger partial charge on any atom is 0.416 e. The molecule has 0 saturated heterocycles. The van der Waals surface area contributed by atoms with Crippen LogP contribution in [0.2, 0.25) is 0 Å². The fourth-order valence-electron chi connectivity index (χ4n) is 3.46. The molecule has 3 aromatic rings. The molecule has 1 aromatic heterocycles. The maximum absolute atomic E-state index is 13.0. The normalized spacial score (nSPS) is 12.9. The number of benzene rings is 2. The van der Waals surface area contributed by atoms with E-state index in [1.54, 1.807) is 4.90 Å². The second kappa shape index (κ2) is 8.70. The first kappa shape index (κ1) is 21.4. The van der Waals surface area contributed by atoms with Crippen molar-refractivity contribution >= 4 is 29.1 Å². The zero-order valence-corrected chi connectivity index (χ0v) is 16.7. The third kappa shape index (κ3) is 4.56. The van der Waals surface area contributed by atoms with E-state index in [4.69, 9.17) is 4.74 Å². The summed E-state index contributed by atoms with van der Waals surface area (Å²) in [5.74, 6) is -1.15. The van der Waals surface area contributed by atoms with Gasteiger partial charge in [0.25, 0.3) is 5.91 Å². The van der Waals surface area contributed by atoms with Gasteiger partial charge in [0.05, 0.1) is 5.56 Å². The second-order valence-corrected chi connectivity index (χ2v) is 7.10. The predicted molar refractivity (Wildman–Crippen MR) is 112 cm³/mol. The summed E-state index contributed by atoms with van der Waals surface area (Å²) in [6, 6.07) is 14.9. The molecule has 1 N–H and O–H groups in total. The summed E-state index contributed by atoms with van der Waals surface area (Å²) >= 11 is 0. The molecule has 6 nitrogen and oxygen atoms in total. The Bertz CT molecular complexity index is 1160. The van der Waals surface area contributed by atoms with Crippen LogP contribution in [-0.2, 0) is 22.1 Å². The number of para-hydroxylation sites is 1. The SMILES string of the molecule is O=C(OCC(=O)N1CCc2ccccc21)c1cccnc1Nc1cccc(C(F)(F)F)c1. The minimum Gasteiger partial charge on any atom is -0.452 e. The molecule has 9 heteroatoms. The third-order valence-electron chi connectivity index (χ3n) is 5.00. The molecule has 2 aromatic carbocycles. The highest BCUT2D eigenvalue weighted by atomic mass is 19.4. The number of anilines is 3. The van der Waals surface area contributed by atoms with Crippen molar-refractivity contribution in [1.29, 1.82) is 0 Å². The molecule has 4 rings (SSSR count). The number of fused-ring (bicyclic) bond motifs is 1. The standard InChI is InChI=1S/C23H18F3N3O3/c24-23(25,26)16-6-3-7-17(13-16)28-21-18(8-4-11-27-21)22(31)32-14-20(30)29-12-10-15-5-1-2-9-19(15)29/h1-9,11,13H,10,12,14H2,(H,27,28). The zero-order valence-electron chi connectivity index (χ0n) is 16.7. The highest BCUT2D eigenvalue weighted by Crippen LogP contribution is 2.32. The van der Waals surface area contributed by atoms with Crippen molar-refractivity contribution in [2.45, 2.75) is 12.6 Å². The number of rotatable bonds is 5. The van der Waals surface area contributed by atoms with Crippen molar-refractivity contribution in [3.8, 4) is 0 Å². The van der Waals surface area contributed by atoms with Gasteiger partial charge in [-0.05, 0) is 48.4 Å². The van der Waals surface area contributed by atoms with E-state index in [-0.39, 0.29) is 23.0 Å². The van der Waals surface area contributed by atoms with Crippen molar-refractivity contribution in [3.63, 3.8) is 0 Å². The fourth-order valence-corrected chi connectivity index (χ4v) is 3.46. The number of nitrogens with zero attached hydrogens (tertiary/aromatic N) is 2. The maximum atomic E-state index is 13.0. The number of ether oxygens (including phenoxy) is 1. The van der Waals surface area contributed by atoms with Crippen molar-refractivity contribution in [3.05, 3.63) is 83.6 Å². The molecule has 0 aliphatic carbocycles. The van der Waals surface area contributed by atoms with E-state index < -0.39 is 24.3 Å². The Morgan fingerprint density at radius 3 is 2.69 bits per heavy atom. The number of amides is 1. The lowest BCUT2D eigenvalue weighted by atomic mass is 10.2. The molecule has 1 amide bonds. The van der Waals surface area contributed by atoms with E-state index in [0.29, 0.717) is 6.54 Å². The van der Waals surface area contributed by atoms with Crippen LogP contribution in [0, 0.1) is 0 Å². The first-order chi connectivity index (χ1) is 15.3. The molecular weight excluding hydrogens is 423 g/mol. The lowest BCUT2D eigenvalue weighted by Crippen LogP contribution is -2.33. The van der Waals surface area contributed by atoms with Crippen LogP contribution < -0.4 is 10.2 Å². The smallest absolute Gasteiger partial charge is 0.416 e. The number of aromatic nitrogens is 1. The number of hydrogen-bond donors (Lipinski definition) is 1. The highest BCUT2D eigenvalue weighted by Gasteiger charge is 2.30. The molecule has 164 valence electrons. The van der Waals surface area contributed by atoms with E-state index in [2.05, 4.69) is 10.3 Å². The number of pyridine rings is 1. The van der Waals surface area contributed by atoms with Crippen LogP contribution >= 0.6 is 0 Å². The molecule has 0 unspecified atom stereocenters. The number of nitrogens with one attached hydrogen (secondary N) is 1. The van der Waals surface area contributed by atoms with Gasteiger partial charge in [0.2, 0.25) is 0 Å². The van der Waals surface area contributed by atoms with Crippen LogP contribution in [0.1, 0.15) is 21.5 Å². The summed E-state index contributed by atoms with van der Waals surface area (Å²) in [5, 5.41) is 2.71. The molecule has 32 heavy (non-hydrogen) atoms. The van der Waals surface area contributed by atoms with Crippen LogP contribution in [-0.4, -0.2) is 30.0 Å². The molecule has 0 saturated carbocycles. The summed E-state index contributed by atoms with van der Waals surface area (Å²) in [6.45, 7) is 0.0377. The number of carbonyl (C=O) groups is 2. The first-order valence-corrected chi connectivity index (χ1v) is 9.77. The van der Waals surface area contributed by atoms with E-state index >= 15 is 0 Å². The van der Waals surface area contributed by atoms with Gasteiger partial charge < -0.3 is 15.0 Å². The summed E-state index contributed by atoms with van der Waals surface area (Å²) in [4.78, 5) is 30.8. The second-order valence-electron chi connectivity index (χ2n) is 7.10. The molecule has 0 radical (unpaired) electrons. The number of alkyl halides is 3. The Labute approximate surface area is 181 Å². The van der Waals surface area contributed by atoms with Crippen molar-refractivity contribution in [2.75, 3.05) is 23.4 Å². The van der Waals surface area contributed by atoms with Crippen LogP contribution in [0.3, 0.4) is 0 Å². The molecule has 1 aliphatic heterocycles. The van der Waals surface area contributed by atoms with Crippen molar-refractivity contribution in [1.82, 2.24) is 4.98 Å². The molecule has 0 fully saturated rings. The molecular formula is C23H18F3N3O3. The van der Waals surface area contributed by atoms with Crippen LogP contribution in [0.25, 0.3) is 0 Å². The summed E-state index contributed by atoms with van der Waals surface area (Å²) in [6.07, 6.45) is -2.39. The lowest BCUT2D eigenvalue weighted by Gasteiger charge is -2.17. The van der Waals surface area contributed by atoms with E-state index in [0.717, 1.165) is 29.8 Å². The van der Waals surface area contributed by atoms with Crippen molar-refractivity contribution in [2.24, 2.45) is 0 Å². The molecule has 0 atom stereocenters. The molecule has 2 heterocycles. The van der Waals surface area contributed by atoms with Gasteiger partial charge in [-0.2, -0.15) is 13.2 Å². The van der Waals surface area contributed by atoms with Gasteiger partial charge in [0.15, 0.2) is 6.61 Å². The van der Waals surface area contributed by atoms with Gasteiger partial charge in [-0.25, -0.2) is 9.78 Å². The molecule has 0 bridgehead atoms. The minimum atomic E-state index is -4.50. The summed E-state index contributed by atoms with van der Waals surface area (Å²) in [7, 11) is 0. The van der Waals surface area contributed by atoms with E-state index in [1.165, 1.54) is 30.5 Å². The van der Waals surface area contributed by atoms with E-state index in [1.807, 2.05) is 24.3 Å². The zero-order chi connectivity index (χ0) is 22.7.